The summed E-state index contributed by atoms with van der Waals surface area (Å²) in [5.41, 5.74) is 3.98. The lowest BCUT2D eigenvalue weighted by atomic mass is 10.2. The highest BCUT2D eigenvalue weighted by molar-refractivity contribution is 9.10. The van der Waals surface area contributed by atoms with Crippen LogP contribution in [0.1, 0.15) is 49.9 Å². The molecule has 3 rings (SSSR count). The SMILES string of the molecule is CCCCN(Cc1cccn1Cc1ccc(Br)cc1)C(=O)CN(CCCOCC)C(=O)Nc1ccccc1C. The number of nitrogens with one attached hydrogen (secondary N) is 1. The predicted molar refractivity (Wildman–Crippen MR) is 161 cm³/mol. The molecule has 0 aliphatic rings. The largest absolute Gasteiger partial charge is 0.382 e. The van der Waals surface area contributed by atoms with Crippen LogP contribution in [-0.4, -0.2) is 59.2 Å². The second-order valence-corrected chi connectivity index (χ2v) is 10.6. The number of benzene rings is 2. The Kier molecular flexibility index (Phi) is 12.6. The molecule has 0 saturated heterocycles. The minimum absolute atomic E-state index is 0.0149. The molecule has 0 saturated carbocycles. The van der Waals surface area contributed by atoms with Crippen LogP contribution in [-0.2, 0) is 22.6 Å². The average Bonchev–Trinajstić information content (AvgIpc) is 3.37. The molecule has 0 bridgehead atoms. The Bertz CT molecular complexity index is 1180. The minimum atomic E-state index is -0.275. The van der Waals surface area contributed by atoms with Gasteiger partial charge in [-0.3, -0.25) is 4.79 Å². The zero-order valence-electron chi connectivity index (χ0n) is 23.4. The number of unbranched alkanes of at least 4 members (excludes halogenated alkanes) is 1. The highest BCUT2D eigenvalue weighted by Gasteiger charge is 2.22. The summed E-state index contributed by atoms with van der Waals surface area (Å²) in [5, 5.41) is 2.99. The molecule has 210 valence electrons. The Morgan fingerprint density at radius 1 is 0.949 bits per heavy atom. The van der Waals surface area contributed by atoms with E-state index < -0.39 is 0 Å². The third-order valence-electron chi connectivity index (χ3n) is 6.60. The number of carbonyl (C=O) groups excluding carboxylic acids is 2. The first kappa shape index (κ1) is 30.4. The molecule has 0 aliphatic heterocycles. The number of aromatic nitrogens is 1. The molecular weight excluding hydrogens is 556 g/mol. The number of anilines is 1. The number of nitrogens with zero attached hydrogens (tertiary/aromatic N) is 3. The van der Waals surface area contributed by atoms with Crippen molar-refractivity contribution in [3.8, 4) is 0 Å². The molecular formula is C31H41BrN4O3. The number of para-hydroxylation sites is 1. The summed E-state index contributed by atoms with van der Waals surface area (Å²) in [6.07, 6.45) is 4.59. The summed E-state index contributed by atoms with van der Waals surface area (Å²) in [6, 6.07) is 19.7. The Hall–Kier alpha value is -3.10. The smallest absolute Gasteiger partial charge is 0.322 e. The highest BCUT2D eigenvalue weighted by Crippen LogP contribution is 2.16. The normalized spacial score (nSPS) is 10.9. The van der Waals surface area contributed by atoms with Gasteiger partial charge in [0.2, 0.25) is 5.91 Å². The van der Waals surface area contributed by atoms with E-state index in [0.717, 1.165) is 40.8 Å². The van der Waals surface area contributed by atoms with Crippen molar-refractivity contribution in [3.05, 3.63) is 88.2 Å². The molecule has 0 spiro atoms. The molecule has 39 heavy (non-hydrogen) atoms. The molecule has 1 N–H and O–H groups in total. The topological polar surface area (TPSA) is 66.8 Å². The summed E-state index contributed by atoms with van der Waals surface area (Å²) in [5.74, 6) is -0.0591. The van der Waals surface area contributed by atoms with Crippen molar-refractivity contribution in [1.82, 2.24) is 14.4 Å². The van der Waals surface area contributed by atoms with E-state index in [1.807, 2.05) is 61.2 Å². The number of halogens is 1. The lowest BCUT2D eigenvalue weighted by Crippen LogP contribution is -2.45. The van der Waals surface area contributed by atoms with E-state index in [2.05, 4.69) is 57.1 Å². The molecule has 0 radical (unpaired) electrons. The lowest BCUT2D eigenvalue weighted by Gasteiger charge is -2.28. The molecule has 0 fully saturated rings. The van der Waals surface area contributed by atoms with Gasteiger partial charge in [0.25, 0.3) is 0 Å². The Balaban J connectivity index is 1.73. The standard InChI is InChI=1S/C31H41BrN4O3/c1-4-6-18-35(23-28-12-9-19-34(28)22-26-14-16-27(32)17-15-26)30(37)24-36(20-10-21-39-5-2)31(38)33-29-13-8-7-11-25(29)3/h7-9,11-17,19H,4-6,10,18,20-24H2,1-3H3,(H,33,38). The maximum Gasteiger partial charge on any atom is 0.322 e. The summed E-state index contributed by atoms with van der Waals surface area (Å²) in [4.78, 5) is 30.4. The van der Waals surface area contributed by atoms with Crippen LogP contribution in [0.3, 0.4) is 0 Å². The average molecular weight is 598 g/mol. The monoisotopic (exact) mass is 596 g/mol. The third kappa shape index (κ3) is 9.86. The molecule has 3 amide bonds. The van der Waals surface area contributed by atoms with Gasteiger partial charge in [0, 0.05) is 54.9 Å². The van der Waals surface area contributed by atoms with Crippen LogP contribution in [0, 0.1) is 6.92 Å². The van der Waals surface area contributed by atoms with Crippen molar-refractivity contribution in [1.29, 1.82) is 0 Å². The van der Waals surface area contributed by atoms with Crippen LogP contribution in [0.4, 0.5) is 10.5 Å². The number of urea groups is 1. The second-order valence-electron chi connectivity index (χ2n) is 9.64. The van der Waals surface area contributed by atoms with Crippen molar-refractivity contribution in [2.45, 2.75) is 53.1 Å². The zero-order valence-corrected chi connectivity index (χ0v) is 25.0. The first-order valence-electron chi connectivity index (χ1n) is 13.8. The number of rotatable bonds is 15. The first-order valence-corrected chi connectivity index (χ1v) is 14.6. The van der Waals surface area contributed by atoms with E-state index in [1.165, 1.54) is 5.56 Å². The summed E-state index contributed by atoms with van der Waals surface area (Å²) < 4.78 is 8.72. The zero-order chi connectivity index (χ0) is 28.0. The number of hydrogen-bond acceptors (Lipinski definition) is 3. The molecule has 3 aromatic rings. The first-order chi connectivity index (χ1) is 18.9. The van der Waals surface area contributed by atoms with Gasteiger partial charge in [-0.15, -0.1) is 0 Å². The Morgan fingerprint density at radius 2 is 1.69 bits per heavy atom. The van der Waals surface area contributed by atoms with E-state index in [1.54, 1.807) is 4.90 Å². The number of ether oxygens (including phenoxy) is 1. The molecule has 8 heteroatoms. The maximum absolute atomic E-state index is 13.7. The van der Waals surface area contributed by atoms with Crippen molar-refractivity contribution >= 4 is 33.6 Å². The number of amides is 3. The van der Waals surface area contributed by atoms with Gasteiger partial charge in [0.05, 0.1) is 6.54 Å². The Morgan fingerprint density at radius 3 is 2.41 bits per heavy atom. The van der Waals surface area contributed by atoms with Gasteiger partial charge in [0.15, 0.2) is 0 Å². The summed E-state index contributed by atoms with van der Waals surface area (Å²) >= 11 is 3.50. The molecule has 0 unspecified atom stereocenters. The van der Waals surface area contributed by atoms with Crippen molar-refractivity contribution in [2.24, 2.45) is 0 Å². The number of aryl methyl sites for hydroxylation is 1. The van der Waals surface area contributed by atoms with Gasteiger partial charge in [-0.25, -0.2) is 4.79 Å². The predicted octanol–water partition coefficient (Wildman–Crippen LogP) is 6.70. The Labute approximate surface area is 241 Å². The fourth-order valence-corrected chi connectivity index (χ4v) is 4.56. The maximum atomic E-state index is 13.7. The minimum Gasteiger partial charge on any atom is -0.382 e. The quantitative estimate of drug-likeness (QED) is 0.199. The van der Waals surface area contributed by atoms with Crippen LogP contribution in [0.2, 0.25) is 0 Å². The fraction of sp³-hybridized carbons (Fsp3) is 0.419. The van der Waals surface area contributed by atoms with Gasteiger partial charge in [-0.1, -0.05) is 59.6 Å². The van der Waals surface area contributed by atoms with Crippen LogP contribution < -0.4 is 5.32 Å². The fourth-order valence-electron chi connectivity index (χ4n) is 4.30. The highest BCUT2D eigenvalue weighted by atomic mass is 79.9. The van der Waals surface area contributed by atoms with Crippen molar-refractivity contribution in [2.75, 3.05) is 38.2 Å². The summed E-state index contributed by atoms with van der Waals surface area (Å²) in [6.45, 7) is 9.51. The molecule has 2 aromatic carbocycles. The van der Waals surface area contributed by atoms with Crippen molar-refractivity contribution < 1.29 is 14.3 Å². The third-order valence-corrected chi connectivity index (χ3v) is 7.13. The molecule has 0 aliphatic carbocycles. The van der Waals surface area contributed by atoms with E-state index in [-0.39, 0.29) is 18.5 Å². The summed E-state index contributed by atoms with van der Waals surface area (Å²) in [7, 11) is 0. The van der Waals surface area contributed by atoms with Crippen LogP contribution >= 0.6 is 15.9 Å². The van der Waals surface area contributed by atoms with Gasteiger partial charge in [-0.2, -0.15) is 0 Å². The van der Waals surface area contributed by atoms with Crippen molar-refractivity contribution in [3.63, 3.8) is 0 Å². The van der Waals surface area contributed by atoms with Crippen LogP contribution in [0.5, 0.6) is 0 Å². The molecule has 0 atom stereocenters. The molecule has 1 aromatic heterocycles. The molecule has 7 nitrogen and oxygen atoms in total. The number of carbonyl (C=O) groups is 2. The van der Waals surface area contributed by atoms with E-state index in [4.69, 9.17) is 4.74 Å². The van der Waals surface area contributed by atoms with Gasteiger partial charge in [0.1, 0.15) is 6.54 Å². The van der Waals surface area contributed by atoms with Gasteiger partial charge < -0.3 is 24.4 Å². The van der Waals surface area contributed by atoms with E-state index in [0.29, 0.717) is 39.3 Å². The second kappa shape index (κ2) is 16.1. The van der Waals surface area contributed by atoms with Crippen LogP contribution in [0.25, 0.3) is 0 Å². The van der Waals surface area contributed by atoms with E-state index in [9.17, 15) is 9.59 Å². The number of hydrogen-bond donors (Lipinski definition) is 1. The lowest BCUT2D eigenvalue weighted by molar-refractivity contribution is -0.132. The molecule has 1 heterocycles. The van der Waals surface area contributed by atoms with Crippen LogP contribution in [0.15, 0.2) is 71.3 Å². The van der Waals surface area contributed by atoms with E-state index >= 15 is 0 Å². The van der Waals surface area contributed by atoms with Gasteiger partial charge in [-0.05, 0) is 68.1 Å². The van der Waals surface area contributed by atoms with Gasteiger partial charge >= 0.3 is 6.03 Å².